The number of halogens is 3. The normalized spacial score (nSPS) is 22.5. The Labute approximate surface area is 107 Å². The summed E-state index contributed by atoms with van der Waals surface area (Å²) in [4.78, 5) is 22.9. The number of carbonyl (C=O) groups is 2. The SMILES string of the molecule is CCOC(=O)C1=CNC(C(=O)OCC)C1C(F)(F)F. The van der Waals surface area contributed by atoms with Gasteiger partial charge in [-0.2, -0.15) is 13.2 Å². The van der Waals surface area contributed by atoms with Crippen molar-refractivity contribution in [2.75, 3.05) is 13.2 Å². The van der Waals surface area contributed by atoms with Gasteiger partial charge in [0.25, 0.3) is 0 Å². The van der Waals surface area contributed by atoms with E-state index in [4.69, 9.17) is 0 Å². The van der Waals surface area contributed by atoms with Gasteiger partial charge in [-0.15, -0.1) is 0 Å². The van der Waals surface area contributed by atoms with Crippen LogP contribution in [0.4, 0.5) is 13.2 Å². The maximum absolute atomic E-state index is 13.0. The van der Waals surface area contributed by atoms with Crippen molar-refractivity contribution in [1.29, 1.82) is 0 Å². The molecule has 0 amide bonds. The van der Waals surface area contributed by atoms with Gasteiger partial charge in [0, 0.05) is 6.20 Å². The molecule has 0 bridgehead atoms. The monoisotopic (exact) mass is 281 g/mol. The summed E-state index contributed by atoms with van der Waals surface area (Å²) in [6, 6.07) is -1.65. The second kappa shape index (κ2) is 5.94. The molecule has 0 saturated carbocycles. The highest BCUT2D eigenvalue weighted by Gasteiger charge is 2.54. The molecule has 0 aliphatic carbocycles. The van der Waals surface area contributed by atoms with Crippen LogP contribution in [-0.4, -0.2) is 37.4 Å². The standard InChI is InChI=1S/C11H14F3NO4/c1-3-18-9(16)6-5-15-8(10(17)19-4-2)7(6)11(12,13)14/h5,7-8,15H,3-4H2,1-2H3. The minimum atomic E-state index is -4.75. The van der Waals surface area contributed by atoms with E-state index in [1.54, 1.807) is 0 Å². The number of nitrogens with one attached hydrogen (secondary N) is 1. The third-order valence-electron chi connectivity index (χ3n) is 2.49. The van der Waals surface area contributed by atoms with Gasteiger partial charge >= 0.3 is 18.1 Å². The minimum absolute atomic E-state index is 0.0453. The molecule has 1 aliphatic rings. The molecule has 2 atom stereocenters. The van der Waals surface area contributed by atoms with E-state index < -0.39 is 35.6 Å². The van der Waals surface area contributed by atoms with Crippen LogP contribution in [0.1, 0.15) is 13.8 Å². The number of alkyl halides is 3. The van der Waals surface area contributed by atoms with E-state index in [1.807, 2.05) is 0 Å². The molecular weight excluding hydrogens is 267 g/mol. The van der Waals surface area contributed by atoms with Gasteiger partial charge in [0.2, 0.25) is 0 Å². The molecule has 1 rings (SSSR count). The Morgan fingerprint density at radius 1 is 1.26 bits per heavy atom. The number of hydrogen-bond acceptors (Lipinski definition) is 5. The largest absolute Gasteiger partial charge is 0.464 e. The van der Waals surface area contributed by atoms with Crippen LogP contribution in [-0.2, 0) is 19.1 Å². The summed E-state index contributed by atoms with van der Waals surface area (Å²) >= 11 is 0. The van der Waals surface area contributed by atoms with Crippen LogP contribution in [0, 0.1) is 5.92 Å². The van der Waals surface area contributed by atoms with Crippen molar-refractivity contribution >= 4 is 11.9 Å². The van der Waals surface area contributed by atoms with Gasteiger partial charge in [-0.25, -0.2) is 9.59 Å². The van der Waals surface area contributed by atoms with E-state index in [9.17, 15) is 22.8 Å². The molecule has 108 valence electrons. The number of hydrogen-bond donors (Lipinski definition) is 1. The molecule has 5 nitrogen and oxygen atoms in total. The van der Waals surface area contributed by atoms with Crippen LogP contribution in [0.2, 0.25) is 0 Å². The molecule has 1 heterocycles. The van der Waals surface area contributed by atoms with Gasteiger partial charge in [0.05, 0.1) is 18.8 Å². The Kier molecular flexibility index (Phi) is 4.79. The van der Waals surface area contributed by atoms with Crippen LogP contribution < -0.4 is 5.32 Å². The zero-order valence-corrected chi connectivity index (χ0v) is 10.4. The maximum atomic E-state index is 13.0. The number of carbonyl (C=O) groups excluding carboxylic acids is 2. The quantitative estimate of drug-likeness (QED) is 0.783. The minimum Gasteiger partial charge on any atom is -0.464 e. The first-order valence-electron chi connectivity index (χ1n) is 5.69. The van der Waals surface area contributed by atoms with E-state index in [-0.39, 0.29) is 13.2 Å². The average molecular weight is 281 g/mol. The van der Waals surface area contributed by atoms with Crippen LogP contribution in [0.3, 0.4) is 0 Å². The smallest absolute Gasteiger partial charge is 0.398 e. The van der Waals surface area contributed by atoms with Crippen LogP contribution in [0.15, 0.2) is 11.8 Å². The summed E-state index contributed by atoms with van der Waals surface area (Å²) in [7, 11) is 0. The Morgan fingerprint density at radius 2 is 1.84 bits per heavy atom. The molecule has 0 radical (unpaired) electrons. The van der Waals surface area contributed by atoms with Crippen molar-refractivity contribution in [2.24, 2.45) is 5.92 Å². The lowest BCUT2D eigenvalue weighted by molar-refractivity contribution is -0.182. The lowest BCUT2D eigenvalue weighted by Crippen LogP contribution is -2.45. The molecule has 0 aromatic heterocycles. The highest BCUT2D eigenvalue weighted by atomic mass is 19.4. The van der Waals surface area contributed by atoms with Crippen molar-refractivity contribution in [3.63, 3.8) is 0 Å². The summed E-state index contributed by atoms with van der Waals surface area (Å²) in [6.07, 6.45) is -3.89. The van der Waals surface area contributed by atoms with Crippen LogP contribution >= 0.6 is 0 Å². The van der Waals surface area contributed by atoms with E-state index in [0.717, 1.165) is 6.20 Å². The molecular formula is C11H14F3NO4. The fourth-order valence-corrected chi connectivity index (χ4v) is 1.75. The molecule has 0 aromatic rings. The lowest BCUT2D eigenvalue weighted by Gasteiger charge is -2.22. The highest BCUT2D eigenvalue weighted by molar-refractivity contribution is 5.92. The summed E-state index contributed by atoms with van der Waals surface area (Å²) in [6.45, 7) is 2.86. The van der Waals surface area contributed by atoms with Crippen molar-refractivity contribution in [1.82, 2.24) is 5.32 Å². The van der Waals surface area contributed by atoms with Crippen molar-refractivity contribution in [3.05, 3.63) is 11.8 Å². The molecule has 0 spiro atoms. The van der Waals surface area contributed by atoms with Gasteiger partial charge in [-0.3, -0.25) is 0 Å². The number of esters is 2. The first kappa shape index (κ1) is 15.3. The van der Waals surface area contributed by atoms with Gasteiger partial charge in [0.15, 0.2) is 0 Å². The Hall–Kier alpha value is -1.73. The van der Waals surface area contributed by atoms with Crippen molar-refractivity contribution in [3.8, 4) is 0 Å². The van der Waals surface area contributed by atoms with Crippen molar-refractivity contribution in [2.45, 2.75) is 26.1 Å². The molecule has 2 unspecified atom stereocenters. The average Bonchev–Trinajstić information content (AvgIpc) is 2.73. The van der Waals surface area contributed by atoms with E-state index in [2.05, 4.69) is 14.8 Å². The van der Waals surface area contributed by atoms with Crippen LogP contribution in [0.25, 0.3) is 0 Å². The topological polar surface area (TPSA) is 64.6 Å². The molecule has 1 aliphatic heterocycles. The Bertz CT molecular complexity index is 392. The van der Waals surface area contributed by atoms with Gasteiger partial charge < -0.3 is 14.8 Å². The first-order valence-corrected chi connectivity index (χ1v) is 5.69. The van der Waals surface area contributed by atoms with Crippen LogP contribution in [0.5, 0.6) is 0 Å². The van der Waals surface area contributed by atoms with Crippen molar-refractivity contribution < 1.29 is 32.2 Å². The molecule has 8 heteroatoms. The van der Waals surface area contributed by atoms with Gasteiger partial charge in [-0.05, 0) is 13.8 Å². The third kappa shape index (κ3) is 3.39. The molecule has 0 saturated heterocycles. The summed E-state index contributed by atoms with van der Waals surface area (Å²) < 4.78 is 48.0. The zero-order valence-electron chi connectivity index (χ0n) is 10.4. The number of rotatable bonds is 4. The first-order chi connectivity index (χ1) is 8.82. The molecule has 1 N–H and O–H groups in total. The summed E-state index contributed by atoms with van der Waals surface area (Å²) in [5.74, 6) is -4.41. The Morgan fingerprint density at radius 3 is 2.32 bits per heavy atom. The predicted octanol–water partition coefficient (Wildman–Crippen LogP) is 1.15. The van der Waals surface area contributed by atoms with Gasteiger partial charge in [-0.1, -0.05) is 0 Å². The van der Waals surface area contributed by atoms with Gasteiger partial charge in [0.1, 0.15) is 12.0 Å². The predicted molar refractivity (Wildman–Crippen MR) is 57.8 cm³/mol. The van der Waals surface area contributed by atoms with E-state index in [0.29, 0.717) is 0 Å². The summed E-state index contributed by atoms with van der Waals surface area (Å²) in [5, 5.41) is 2.23. The summed E-state index contributed by atoms with van der Waals surface area (Å²) in [5.41, 5.74) is -0.618. The number of ether oxygens (including phenoxy) is 2. The van der Waals surface area contributed by atoms with E-state index in [1.165, 1.54) is 13.8 Å². The lowest BCUT2D eigenvalue weighted by atomic mass is 9.94. The molecule has 19 heavy (non-hydrogen) atoms. The Balaban J connectivity index is 2.96. The second-order valence-corrected chi connectivity index (χ2v) is 3.74. The maximum Gasteiger partial charge on any atom is 0.398 e. The zero-order chi connectivity index (χ0) is 14.6. The fraction of sp³-hybridized carbons (Fsp3) is 0.636. The fourth-order valence-electron chi connectivity index (χ4n) is 1.75. The highest BCUT2D eigenvalue weighted by Crippen LogP contribution is 2.38. The second-order valence-electron chi connectivity index (χ2n) is 3.74. The third-order valence-corrected chi connectivity index (χ3v) is 2.49. The van der Waals surface area contributed by atoms with E-state index >= 15 is 0 Å². The molecule has 0 aromatic carbocycles. The molecule has 0 fully saturated rings.